The molecule has 2 N–H and O–H groups in total. The molecule has 2 heterocycles. The van der Waals surface area contributed by atoms with E-state index < -0.39 is 27.3 Å². The first-order chi connectivity index (χ1) is 11.7. The van der Waals surface area contributed by atoms with Crippen molar-refractivity contribution in [2.75, 3.05) is 12.9 Å². The molecule has 0 saturated carbocycles. The van der Waals surface area contributed by atoms with Crippen molar-refractivity contribution in [1.29, 1.82) is 5.41 Å². The van der Waals surface area contributed by atoms with Crippen molar-refractivity contribution in [2.45, 2.75) is 45.6 Å². The molecule has 1 aromatic rings. The first-order valence-corrected chi connectivity index (χ1v) is 9.93. The van der Waals surface area contributed by atoms with Crippen LogP contribution in [0.1, 0.15) is 44.8 Å². The number of rotatable bonds is 4. The van der Waals surface area contributed by atoms with Crippen molar-refractivity contribution in [3.05, 3.63) is 17.7 Å². The summed E-state index contributed by atoms with van der Waals surface area (Å²) in [5.41, 5.74) is 0.420. The van der Waals surface area contributed by atoms with Crippen LogP contribution < -0.4 is 0 Å². The van der Waals surface area contributed by atoms with Gasteiger partial charge in [-0.25, -0.2) is 17.8 Å². The molecule has 0 aromatic carbocycles. The van der Waals surface area contributed by atoms with Crippen molar-refractivity contribution in [2.24, 2.45) is 10.9 Å². The Hall–Kier alpha value is -1.81. The highest BCUT2D eigenvalue weighted by Gasteiger charge is 2.43. The topological polar surface area (TPSA) is 117 Å². The monoisotopic (exact) mass is 374 g/mol. The maximum Gasteiger partial charge on any atom is 0.260 e. The number of ether oxygens (including phenoxy) is 2. The number of halogens is 1. The molecular formula is C15H23FN4O4S. The molecule has 8 nitrogen and oxygen atoms in total. The van der Waals surface area contributed by atoms with Gasteiger partial charge in [-0.05, 0) is 13.3 Å². The highest BCUT2D eigenvalue weighted by atomic mass is 32.2. The summed E-state index contributed by atoms with van der Waals surface area (Å²) in [4.78, 5) is 10.6. The molecule has 0 spiro atoms. The van der Waals surface area contributed by atoms with Gasteiger partial charge in [0.1, 0.15) is 12.3 Å². The third kappa shape index (κ3) is 4.24. The summed E-state index contributed by atoms with van der Waals surface area (Å²) in [5, 5.41) is 6.66. The van der Waals surface area contributed by atoms with Crippen molar-refractivity contribution >= 4 is 20.9 Å². The number of imidazole rings is 1. The van der Waals surface area contributed by atoms with E-state index in [2.05, 4.69) is 15.0 Å². The van der Waals surface area contributed by atoms with Gasteiger partial charge in [-0.3, -0.25) is 5.41 Å². The highest BCUT2D eigenvalue weighted by molar-refractivity contribution is 8.05. The number of hydrogen-bond acceptors (Lipinski definition) is 6. The molecule has 140 valence electrons. The Bertz CT molecular complexity index is 761. The molecule has 10 heteroatoms. The summed E-state index contributed by atoms with van der Waals surface area (Å²) in [6.45, 7) is 5.63. The standard InChI is InChI=1S/C15H23FN4O4S/c1-5-10-8(3)11(16)12(24-10)9-7-18-13(19-9)14(23-6-2)20-15(17)25(4,21)22/h7-8,10-12,17H,5-6H2,1-4H3,(H,18,19)/t8-,10-,11-,12+/m1/s1. The number of nitrogens with one attached hydrogen (secondary N) is 2. The van der Waals surface area contributed by atoms with Crippen LogP contribution in [-0.4, -0.2) is 54.6 Å². The summed E-state index contributed by atoms with van der Waals surface area (Å²) in [6, 6.07) is 0. The van der Waals surface area contributed by atoms with Gasteiger partial charge in [-0.2, -0.15) is 4.99 Å². The molecule has 2 rings (SSSR count). The van der Waals surface area contributed by atoms with Crippen molar-refractivity contribution < 1.29 is 22.3 Å². The fraction of sp³-hybridized carbons (Fsp3) is 0.667. The SMILES string of the molecule is CCOC(=NC(=N)S(C)(=O)=O)c1ncc([C@@H]2O[C@H](CC)[C@@H](C)[C@H]2F)[nH]1. The second-order valence-corrected chi connectivity index (χ2v) is 7.85. The Morgan fingerprint density at radius 3 is 2.72 bits per heavy atom. The molecule has 1 aromatic heterocycles. The van der Waals surface area contributed by atoms with E-state index in [0.717, 1.165) is 6.26 Å². The molecule has 1 fully saturated rings. The lowest BCUT2D eigenvalue weighted by Crippen LogP contribution is -2.18. The number of alkyl halides is 1. The average molecular weight is 374 g/mol. The van der Waals surface area contributed by atoms with Gasteiger partial charge in [-0.15, -0.1) is 0 Å². The highest BCUT2D eigenvalue weighted by Crippen LogP contribution is 2.39. The third-order valence-corrected chi connectivity index (χ3v) is 4.84. The number of aliphatic imine (C=N–C) groups is 1. The van der Waals surface area contributed by atoms with Crippen LogP contribution in [0.5, 0.6) is 0 Å². The lowest BCUT2D eigenvalue weighted by Gasteiger charge is -2.11. The summed E-state index contributed by atoms with van der Waals surface area (Å²) in [6.07, 6.45) is 0.859. The zero-order valence-corrected chi connectivity index (χ0v) is 15.4. The van der Waals surface area contributed by atoms with Gasteiger partial charge in [0.25, 0.3) is 5.90 Å². The van der Waals surface area contributed by atoms with Gasteiger partial charge in [0, 0.05) is 12.2 Å². The predicted octanol–water partition coefficient (Wildman–Crippen LogP) is 2.00. The zero-order valence-electron chi connectivity index (χ0n) is 14.6. The van der Waals surface area contributed by atoms with Gasteiger partial charge >= 0.3 is 0 Å². The Balaban J connectivity index is 2.29. The Kier molecular flexibility index (Phi) is 5.94. The van der Waals surface area contributed by atoms with Crippen LogP contribution in [0.4, 0.5) is 4.39 Å². The number of nitrogens with zero attached hydrogens (tertiary/aromatic N) is 2. The molecule has 0 unspecified atom stereocenters. The Morgan fingerprint density at radius 2 is 2.20 bits per heavy atom. The molecule has 25 heavy (non-hydrogen) atoms. The van der Waals surface area contributed by atoms with Crippen LogP contribution in [0, 0.1) is 11.3 Å². The minimum atomic E-state index is -3.77. The zero-order chi connectivity index (χ0) is 18.8. The summed E-state index contributed by atoms with van der Waals surface area (Å²) in [5.74, 6) is -0.258. The smallest absolute Gasteiger partial charge is 0.260 e. The lowest BCUT2D eigenvalue weighted by molar-refractivity contribution is 0.0208. The van der Waals surface area contributed by atoms with Gasteiger partial charge in [0.15, 0.2) is 5.82 Å². The van der Waals surface area contributed by atoms with Crippen molar-refractivity contribution in [3.63, 3.8) is 0 Å². The quantitative estimate of drug-likeness (QED) is 0.617. The van der Waals surface area contributed by atoms with E-state index in [1.54, 1.807) is 13.8 Å². The lowest BCUT2D eigenvalue weighted by atomic mass is 9.97. The number of amidine groups is 1. The molecule has 1 saturated heterocycles. The van der Waals surface area contributed by atoms with Crippen LogP contribution >= 0.6 is 0 Å². The van der Waals surface area contributed by atoms with Crippen LogP contribution in [0.2, 0.25) is 0 Å². The van der Waals surface area contributed by atoms with E-state index >= 15 is 0 Å². The molecule has 0 aliphatic carbocycles. The number of hydrogen-bond donors (Lipinski definition) is 2. The second-order valence-electron chi connectivity index (χ2n) is 5.92. The minimum absolute atomic E-state index is 0.119. The minimum Gasteiger partial charge on any atom is -0.475 e. The van der Waals surface area contributed by atoms with E-state index in [1.807, 2.05) is 6.92 Å². The van der Waals surface area contributed by atoms with Crippen LogP contribution in [-0.2, 0) is 19.3 Å². The maximum atomic E-state index is 14.5. The fourth-order valence-corrected chi connectivity index (χ4v) is 2.88. The van der Waals surface area contributed by atoms with Crippen LogP contribution in [0.3, 0.4) is 0 Å². The van der Waals surface area contributed by atoms with Crippen LogP contribution in [0.25, 0.3) is 0 Å². The molecule has 4 atom stereocenters. The maximum absolute atomic E-state index is 14.5. The first-order valence-electron chi connectivity index (χ1n) is 8.03. The number of sulfone groups is 1. The molecule has 1 aliphatic rings. The number of aromatic nitrogens is 2. The Labute approximate surface area is 146 Å². The summed E-state index contributed by atoms with van der Waals surface area (Å²) in [7, 11) is -3.77. The van der Waals surface area contributed by atoms with Gasteiger partial charge < -0.3 is 14.5 Å². The van der Waals surface area contributed by atoms with E-state index in [1.165, 1.54) is 6.20 Å². The molecule has 1 aliphatic heterocycles. The normalized spacial score (nSPS) is 27.5. The fourth-order valence-electron chi connectivity index (χ4n) is 2.63. The first kappa shape index (κ1) is 19.5. The molecule has 0 amide bonds. The largest absolute Gasteiger partial charge is 0.475 e. The average Bonchev–Trinajstić information content (AvgIpc) is 3.12. The summed E-state index contributed by atoms with van der Waals surface area (Å²) >= 11 is 0. The van der Waals surface area contributed by atoms with Crippen LogP contribution in [0.15, 0.2) is 11.2 Å². The van der Waals surface area contributed by atoms with Gasteiger partial charge in [-0.1, -0.05) is 13.8 Å². The molecule has 0 radical (unpaired) electrons. The molecular weight excluding hydrogens is 351 g/mol. The van der Waals surface area contributed by atoms with Crippen molar-refractivity contribution in [3.8, 4) is 0 Å². The summed E-state index contributed by atoms with van der Waals surface area (Å²) < 4.78 is 48.3. The van der Waals surface area contributed by atoms with Crippen molar-refractivity contribution in [1.82, 2.24) is 9.97 Å². The third-order valence-electron chi connectivity index (χ3n) is 4.04. The number of H-pyrrole nitrogens is 1. The van der Waals surface area contributed by atoms with E-state index in [9.17, 15) is 12.8 Å². The van der Waals surface area contributed by atoms with Gasteiger partial charge in [0.2, 0.25) is 15.0 Å². The number of aromatic amines is 1. The molecule has 0 bridgehead atoms. The second kappa shape index (κ2) is 7.61. The Morgan fingerprint density at radius 1 is 1.52 bits per heavy atom. The van der Waals surface area contributed by atoms with E-state index in [-0.39, 0.29) is 30.4 Å². The van der Waals surface area contributed by atoms with E-state index in [4.69, 9.17) is 14.9 Å². The predicted molar refractivity (Wildman–Crippen MR) is 91.3 cm³/mol. The van der Waals surface area contributed by atoms with Gasteiger partial charge in [0.05, 0.1) is 24.6 Å². The van der Waals surface area contributed by atoms with E-state index in [0.29, 0.717) is 12.1 Å².